The van der Waals surface area contributed by atoms with Gasteiger partial charge in [0, 0.05) is 36.2 Å². The second-order valence-corrected chi connectivity index (χ2v) is 8.50. The van der Waals surface area contributed by atoms with Crippen LogP contribution in [0.25, 0.3) is 0 Å². The second-order valence-electron chi connectivity index (χ2n) is 8.50. The molecule has 34 heavy (non-hydrogen) atoms. The first kappa shape index (κ1) is 23.2. The molecule has 1 aliphatic heterocycles. The number of methoxy groups -OCH3 is 2. The van der Waals surface area contributed by atoms with E-state index < -0.39 is 17.8 Å². The Bertz CT molecular complexity index is 1240. The minimum Gasteiger partial charge on any atom is -0.497 e. The first-order valence-corrected chi connectivity index (χ1v) is 11.1. The molecular weight excluding hydrogens is 432 g/mol. The van der Waals surface area contributed by atoms with Gasteiger partial charge in [-0.2, -0.15) is 5.26 Å². The third kappa shape index (κ3) is 4.32. The second kappa shape index (κ2) is 9.52. The van der Waals surface area contributed by atoms with E-state index in [0.29, 0.717) is 29.9 Å². The van der Waals surface area contributed by atoms with Gasteiger partial charge in [0.05, 0.1) is 26.2 Å². The van der Waals surface area contributed by atoms with Crippen LogP contribution in [0, 0.1) is 17.2 Å². The molecule has 0 bridgehead atoms. The van der Waals surface area contributed by atoms with Crippen molar-refractivity contribution in [3.05, 3.63) is 64.9 Å². The number of hydrogen-bond acceptors (Lipinski definition) is 7. The van der Waals surface area contributed by atoms with Crippen molar-refractivity contribution in [1.29, 1.82) is 5.26 Å². The maximum Gasteiger partial charge on any atom is 0.308 e. The first-order chi connectivity index (χ1) is 16.4. The zero-order valence-electron chi connectivity index (χ0n) is 19.6. The average molecular weight is 459 g/mol. The van der Waals surface area contributed by atoms with Crippen molar-refractivity contribution in [2.24, 2.45) is 10.9 Å². The third-order valence-corrected chi connectivity index (χ3v) is 6.42. The van der Waals surface area contributed by atoms with Gasteiger partial charge in [-0.3, -0.25) is 14.6 Å². The quantitative estimate of drug-likeness (QED) is 0.475. The summed E-state index contributed by atoms with van der Waals surface area (Å²) >= 11 is 0. The van der Waals surface area contributed by atoms with E-state index in [1.165, 1.54) is 14.0 Å². The van der Waals surface area contributed by atoms with Crippen LogP contribution in [-0.4, -0.2) is 31.7 Å². The van der Waals surface area contributed by atoms with Gasteiger partial charge in [0.15, 0.2) is 17.3 Å². The molecule has 0 spiro atoms. The maximum absolute atomic E-state index is 13.5. The summed E-state index contributed by atoms with van der Waals surface area (Å²) < 4.78 is 15.9. The number of ether oxygens (including phenoxy) is 3. The van der Waals surface area contributed by atoms with Crippen LogP contribution in [0.1, 0.15) is 49.7 Å². The number of nitrogens with zero attached hydrogens (tertiary/aromatic N) is 2. The lowest BCUT2D eigenvalue weighted by Crippen LogP contribution is -2.32. The normalized spacial score (nSPS) is 21.8. The van der Waals surface area contributed by atoms with Gasteiger partial charge in [-0.1, -0.05) is 18.2 Å². The fourth-order valence-electron chi connectivity index (χ4n) is 4.81. The molecule has 2 aromatic rings. The van der Waals surface area contributed by atoms with Crippen LogP contribution < -0.4 is 14.2 Å². The standard InChI is InChI=1S/C27H26N2O5/c1-15-21(14-28)26(18-7-10-24(34-16(2)30)25(13-18)33-4)27-22(29-15)11-19(12-23(27)31)17-5-8-20(32-3)9-6-17/h5-10,13,19,21,26H,11-12H2,1-4H3. The molecule has 7 nitrogen and oxygen atoms in total. The summed E-state index contributed by atoms with van der Waals surface area (Å²) in [5, 5.41) is 9.97. The van der Waals surface area contributed by atoms with Gasteiger partial charge >= 0.3 is 5.97 Å². The number of allylic oxidation sites excluding steroid dienone is 2. The van der Waals surface area contributed by atoms with E-state index in [1.54, 1.807) is 25.3 Å². The summed E-state index contributed by atoms with van der Waals surface area (Å²) in [7, 11) is 3.10. The van der Waals surface area contributed by atoms with E-state index in [2.05, 4.69) is 6.07 Å². The highest BCUT2D eigenvalue weighted by molar-refractivity contribution is 6.03. The number of carbonyl (C=O) groups is 2. The molecule has 4 rings (SSSR count). The zero-order chi connectivity index (χ0) is 24.4. The van der Waals surface area contributed by atoms with Gasteiger partial charge in [0.2, 0.25) is 0 Å². The van der Waals surface area contributed by atoms with Crippen LogP contribution >= 0.6 is 0 Å². The Morgan fingerprint density at radius 2 is 1.74 bits per heavy atom. The number of Topliss-reactive ketones (excluding diaryl/α,β-unsaturated/α-hetero) is 1. The molecule has 3 unspecified atom stereocenters. The van der Waals surface area contributed by atoms with Gasteiger partial charge in [0.25, 0.3) is 0 Å². The van der Waals surface area contributed by atoms with Crippen LogP contribution in [0.5, 0.6) is 17.2 Å². The lowest BCUT2D eigenvalue weighted by atomic mass is 9.69. The first-order valence-electron chi connectivity index (χ1n) is 11.1. The molecule has 0 amide bonds. The molecule has 1 heterocycles. The lowest BCUT2D eigenvalue weighted by Gasteiger charge is -2.35. The van der Waals surface area contributed by atoms with Gasteiger partial charge in [-0.25, -0.2) is 0 Å². The van der Waals surface area contributed by atoms with Crippen LogP contribution in [0.15, 0.2) is 58.7 Å². The molecule has 7 heteroatoms. The smallest absolute Gasteiger partial charge is 0.308 e. The number of aliphatic imine (C=N–C) groups is 1. The molecule has 2 aliphatic rings. The van der Waals surface area contributed by atoms with E-state index in [0.717, 1.165) is 22.6 Å². The van der Waals surface area contributed by atoms with E-state index in [9.17, 15) is 14.9 Å². The van der Waals surface area contributed by atoms with E-state index in [-0.39, 0.29) is 17.5 Å². The Kier molecular flexibility index (Phi) is 6.51. The molecule has 0 radical (unpaired) electrons. The van der Waals surface area contributed by atoms with E-state index in [1.807, 2.05) is 31.2 Å². The summed E-state index contributed by atoms with van der Waals surface area (Å²) in [6.45, 7) is 3.15. The van der Waals surface area contributed by atoms with Gasteiger partial charge in [-0.05, 0) is 54.7 Å². The highest BCUT2D eigenvalue weighted by atomic mass is 16.6. The fourth-order valence-corrected chi connectivity index (χ4v) is 4.81. The van der Waals surface area contributed by atoms with E-state index >= 15 is 0 Å². The predicted octanol–water partition coefficient (Wildman–Crippen LogP) is 4.73. The number of nitriles is 1. The fraction of sp³-hybridized carbons (Fsp3) is 0.333. The number of rotatable bonds is 5. The Balaban J connectivity index is 1.75. The number of benzene rings is 2. The van der Waals surface area contributed by atoms with Crippen molar-refractivity contribution in [2.75, 3.05) is 14.2 Å². The van der Waals surface area contributed by atoms with Crippen LogP contribution in [0.4, 0.5) is 0 Å². The van der Waals surface area contributed by atoms with Crippen molar-refractivity contribution in [3.8, 4) is 23.3 Å². The molecule has 0 N–H and O–H groups in total. The largest absolute Gasteiger partial charge is 0.497 e. The van der Waals surface area contributed by atoms with Crippen molar-refractivity contribution >= 4 is 17.5 Å². The summed E-state index contributed by atoms with van der Waals surface area (Å²) in [6, 6.07) is 15.2. The van der Waals surface area contributed by atoms with E-state index in [4.69, 9.17) is 19.2 Å². The average Bonchev–Trinajstić information content (AvgIpc) is 2.83. The molecular formula is C27H26N2O5. The minimum absolute atomic E-state index is 0.00778. The molecule has 3 atom stereocenters. The molecule has 2 aromatic carbocycles. The zero-order valence-corrected chi connectivity index (χ0v) is 19.6. The Hall–Kier alpha value is -3.92. The van der Waals surface area contributed by atoms with Crippen molar-refractivity contribution < 1.29 is 23.8 Å². The summed E-state index contributed by atoms with van der Waals surface area (Å²) in [6.07, 6.45) is 0.957. The third-order valence-electron chi connectivity index (χ3n) is 6.42. The van der Waals surface area contributed by atoms with Gasteiger partial charge in [-0.15, -0.1) is 0 Å². The molecule has 0 saturated carbocycles. The monoisotopic (exact) mass is 458 g/mol. The van der Waals surface area contributed by atoms with Crippen LogP contribution in [-0.2, 0) is 9.59 Å². The number of ketones is 1. The highest BCUT2D eigenvalue weighted by Crippen LogP contribution is 2.47. The summed E-state index contributed by atoms with van der Waals surface area (Å²) in [5.74, 6) is -0.0885. The van der Waals surface area contributed by atoms with Crippen molar-refractivity contribution in [1.82, 2.24) is 0 Å². The number of hydrogen-bond donors (Lipinski definition) is 0. The van der Waals surface area contributed by atoms with Crippen molar-refractivity contribution in [3.63, 3.8) is 0 Å². The minimum atomic E-state index is -0.579. The number of esters is 1. The highest BCUT2D eigenvalue weighted by Gasteiger charge is 2.41. The van der Waals surface area contributed by atoms with Gasteiger partial charge in [0.1, 0.15) is 5.75 Å². The number of carbonyl (C=O) groups excluding carboxylic acids is 2. The van der Waals surface area contributed by atoms with Crippen LogP contribution in [0.2, 0.25) is 0 Å². The molecule has 174 valence electrons. The van der Waals surface area contributed by atoms with Gasteiger partial charge < -0.3 is 14.2 Å². The maximum atomic E-state index is 13.5. The molecule has 0 fully saturated rings. The predicted molar refractivity (Wildman–Crippen MR) is 126 cm³/mol. The Labute approximate surface area is 198 Å². The summed E-state index contributed by atoms with van der Waals surface area (Å²) in [4.78, 5) is 29.6. The molecule has 1 aliphatic carbocycles. The topological polar surface area (TPSA) is 98.0 Å². The summed E-state index contributed by atoms with van der Waals surface area (Å²) in [5.41, 5.74) is 3.80. The Morgan fingerprint density at radius 3 is 2.35 bits per heavy atom. The van der Waals surface area contributed by atoms with Crippen molar-refractivity contribution in [2.45, 2.75) is 38.5 Å². The van der Waals surface area contributed by atoms with Crippen LogP contribution in [0.3, 0.4) is 0 Å². The SMILES string of the molecule is COc1ccc(C2CC(=O)C3=C(C2)N=C(C)C(C#N)C3c2ccc(OC(C)=O)c(OC)c2)cc1. The molecule has 0 aromatic heterocycles. The molecule has 0 saturated heterocycles. The Morgan fingerprint density at radius 1 is 1.03 bits per heavy atom. The lowest BCUT2D eigenvalue weighted by molar-refractivity contribution is -0.132.